The van der Waals surface area contributed by atoms with Gasteiger partial charge in [0.1, 0.15) is 10.8 Å². The van der Waals surface area contributed by atoms with Gasteiger partial charge in [0.15, 0.2) is 11.7 Å². The smallest absolute Gasteiger partial charge is 0.434 e. The summed E-state index contributed by atoms with van der Waals surface area (Å²) in [5, 5.41) is 4.38. The number of para-hydroxylation sites is 1. The van der Waals surface area contributed by atoms with E-state index in [-0.39, 0.29) is 30.5 Å². The zero-order valence-electron chi connectivity index (χ0n) is 14.5. The van der Waals surface area contributed by atoms with E-state index in [1.54, 1.807) is 14.2 Å². The summed E-state index contributed by atoms with van der Waals surface area (Å²) < 4.78 is 43.1. The van der Waals surface area contributed by atoms with E-state index >= 15 is 0 Å². The summed E-state index contributed by atoms with van der Waals surface area (Å²) in [6.45, 7) is 0.707. The second-order valence-corrected chi connectivity index (χ2v) is 6.14. The Morgan fingerprint density at radius 1 is 1.35 bits per heavy atom. The fourth-order valence-corrected chi connectivity index (χ4v) is 2.97. The summed E-state index contributed by atoms with van der Waals surface area (Å²) in [4.78, 5) is 9.61. The lowest BCUT2D eigenvalue weighted by molar-refractivity contribution is -0.140. The van der Waals surface area contributed by atoms with Gasteiger partial charge in [0.2, 0.25) is 0 Å². The molecule has 0 aliphatic heterocycles. The summed E-state index contributed by atoms with van der Waals surface area (Å²) in [5.41, 5.74) is 0.107. The largest absolute Gasteiger partial charge is 0.496 e. The number of hydrogen-bond acceptors (Lipinski definition) is 4. The van der Waals surface area contributed by atoms with E-state index in [1.807, 2.05) is 36.2 Å². The molecular formula is C16H20F3IN4OS. The number of methoxy groups -OCH3 is 1. The Morgan fingerprint density at radius 2 is 2.04 bits per heavy atom. The highest BCUT2D eigenvalue weighted by atomic mass is 127. The Hall–Kier alpha value is -1.56. The highest BCUT2D eigenvalue weighted by molar-refractivity contribution is 14.0. The zero-order valence-corrected chi connectivity index (χ0v) is 17.6. The van der Waals surface area contributed by atoms with E-state index in [0.717, 1.165) is 28.0 Å². The average molecular weight is 500 g/mol. The number of aromatic nitrogens is 1. The number of alkyl halides is 3. The Labute approximate surface area is 171 Å². The van der Waals surface area contributed by atoms with Gasteiger partial charge in [0.05, 0.1) is 13.7 Å². The van der Waals surface area contributed by atoms with E-state index in [0.29, 0.717) is 17.5 Å². The molecule has 0 aliphatic carbocycles. The van der Waals surface area contributed by atoms with Crippen molar-refractivity contribution in [2.45, 2.75) is 19.3 Å². The first kappa shape index (κ1) is 22.5. The van der Waals surface area contributed by atoms with Crippen LogP contribution in [-0.2, 0) is 19.3 Å². The molecule has 0 spiro atoms. The molecule has 0 amide bonds. The van der Waals surface area contributed by atoms with Crippen LogP contribution in [0.2, 0.25) is 0 Å². The molecule has 0 aliphatic rings. The van der Waals surface area contributed by atoms with Crippen LogP contribution in [0.1, 0.15) is 16.3 Å². The van der Waals surface area contributed by atoms with E-state index in [9.17, 15) is 13.2 Å². The molecule has 0 atom stereocenters. The highest BCUT2D eigenvalue weighted by Gasteiger charge is 2.33. The molecule has 144 valence electrons. The van der Waals surface area contributed by atoms with Crippen LogP contribution in [0.15, 0.2) is 34.6 Å². The van der Waals surface area contributed by atoms with Crippen molar-refractivity contribution in [2.24, 2.45) is 4.99 Å². The lowest BCUT2D eigenvalue weighted by Gasteiger charge is -2.22. The fourth-order valence-electron chi connectivity index (χ4n) is 2.23. The van der Waals surface area contributed by atoms with Gasteiger partial charge in [-0.05, 0) is 6.07 Å². The van der Waals surface area contributed by atoms with Gasteiger partial charge in [-0.3, -0.25) is 4.99 Å². The SMILES string of the molecule is CN=C(NCc1nc(C(F)(F)F)cs1)N(C)Cc1ccccc1OC.I. The number of rotatable bonds is 5. The summed E-state index contributed by atoms with van der Waals surface area (Å²) in [7, 11) is 5.06. The predicted molar refractivity (Wildman–Crippen MR) is 107 cm³/mol. The summed E-state index contributed by atoms with van der Waals surface area (Å²) >= 11 is 0.964. The molecule has 1 heterocycles. The van der Waals surface area contributed by atoms with Gasteiger partial charge >= 0.3 is 6.18 Å². The second kappa shape index (κ2) is 9.95. The van der Waals surface area contributed by atoms with Crippen molar-refractivity contribution in [2.75, 3.05) is 21.2 Å². The summed E-state index contributed by atoms with van der Waals surface area (Å²) in [5.74, 6) is 1.31. The maximum absolute atomic E-state index is 12.6. The number of hydrogen-bond donors (Lipinski definition) is 1. The zero-order chi connectivity index (χ0) is 18.4. The van der Waals surface area contributed by atoms with Crippen LogP contribution < -0.4 is 10.1 Å². The average Bonchev–Trinajstić information content (AvgIpc) is 3.05. The van der Waals surface area contributed by atoms with Crippen molar-refractivity contribution in [1.82, 2.24) is 15.2 Å². The summed E-state index contributed by atoms with van der Waals surface area (Å²) in [6, 6.07) is 7.61. The van der Waals surface area contributed by atoms with Crippen LogP contribution in [0.3, 0.4) is 0 Å². The van der Waals surface area contributed by atoms with Crippen molar-refractivity contribution in [3.05, 3.63) is 45.9 Å². The molecule has 0 radical (unpaired) electrons. The number of halogens is 4. The van der Waals surface area contributed by atoms with Gasteiger partial charge in [0.25, 0.3) is 0 Å². The Balaban J connectivity index is 0.00000338. The van der Waals surface area contributed by atoms with Gasteiger partial charge in [-0.25, -0.2) is 4.98 Å². The third kappa shape index (κ3) is 6.01. The minimum absolute atomic E-state index is 0. The molecule has 0 bridgehead atoms. The molecule has 10 heteroatoms. The van der Waals surface area contributed by atoms with E-state index < -0.39 is 11.9 Å². The molecule has 2 rings (SSSR count). The highest BCUT2D eigenvalue weighted by Crippen LogP contribution is 2.29. The van der Waals surface area contributed by atoms with Crippen LogP contribution in [0.4, 0.5) is 13.2 Å². The van der Waals surface area contributed by atoms with Crippen molar-refractivity contribution >= 4 is 41.3 Å². The number of aliphatic imine (C=N–C) groups is 1. The van der Waals surface area contributed by atoms with Crippen molar-refractivity contribution < 1.29 is 17.9 Å². The maximum Gasteiger partial charge on any atom is 0.434 e. The molecule has 1 N–H and O–H groups in total. The number of ether oxygens (including phenoxy) is 1. The second-order valence-electron chi connectivity index (χ2n) is 5.19. The van der Waals surface area contributed by atoms with Crippen LogP contribution in [-0.4, -0.2) is 37.0 Å². The van der Waals surface area contributed by atoms with E-state index in [4.69, 9.17) is 4.74 Å². The lowest BCUT2D eigenvalue weighted by Crippen LogP contribution is -2.38. The van der Waals surface area contributed by atoms with Crippen LogP contribution >= 0.6 is 35.3 Å². The van der Waals surface area contributed by atoms with E-state index in [2.05, 4.69) is 15.3 Å². The molecule has 0 fully saturated rings. The number of nitrogens with one attached hydrogen (secondary N) is 1. The van der Waals surface area contributed by atoms with Crippen LogP contribution in [0.5, 0.6) is 5.75 Å². The van der Waals surface area contributed by atoms with Gasteiger partial charge in [0, 0.05) is 31.6 Å². The van der Waals surface area contributed by atoms with Gasteiger partial charge in [-0.15, -0.1) is 35.3 Å². The van der Waals surface area contributed by atoms with Gasteiger partial charge in [-0.2, -0.15) is 13.2 Å². The van der Waals surface area contributed by atoms with Crippen molar-refractivity contribution in [1.29, 1.82) is 0 Å². The predicted octanol–water partition coefficient (Wildman–Crippen LogP) is 4.00. The molecule has 26 heavy (non-hydrogen) atoms. The van der Waals surface area contributed by atoms with E-state index in [1.165, 1.54) is 0 Å². The lowest BCUT2D eigenvalue weighted by atomic mass is 10.2. The van der Waals surface area contributed by atoms with Gasteiger partial charge in [-0.1, -0.05) is 18.2 Å². The number of thiazole rings is 1. The molecule has 0 saturated carbocycles. The minimum Gasteiger partial charge on any atom is -0.496 e. The first-order valence-corrected chi connectivity index (χ1v) is 8.28. The van der Waals surface area contributed by atoms with Crippen molar-refractivity contribution in [3.8, 4) is 5.75 Å². The minimum atomic E-state index is -4.42. The molecule has 2 aromatic rings. The van der Waals surface area contributed by atoms with Crippen LogP contribution in [0.25, 0.3) is 0 Å². The monoisotopic (exact) mass is 500 g/mol. The van der Waals surface area contributed by atoms with Crippen molar-refractivity contribution in [3.63, 3.8) is 0 Å². The Bertz CT molecular complexity index is 736. The quantitative estimate of drug-likeness (QED) is 0.383. The Kier molecular flexibility index (Phi) is 8.60. The number of nitrogens with zero attached hydrogens (tertiary/aromatic N) is 3. The molecule has 5 nitrogen and oxygen atoms in total. The molecule has 1 aromatic carbocycles. The standard InChI is InChI=1S/C16H19F3N4OS.HI/c1-20-15(21-8-14-22-13(10-25-14)16(17,18)19)23(2)9-11-6-4-5-7-12(11)24-3;/h4-7,10H,8-9H2,1-3H3,(H,20,21);1H. The first-order chi connectivity index (χ1) is 11.8. The topological polar surface area (TPSA) is 49.8 Å². The maximum atomic E-state index is 12.6. The normalized spacial score (nSPS) is 11.7. The van der Waals surface area contributed by atoms with Crippen LogP contribution in [0, 0.1) is 0 Å². The fraction of sp³-hybridized carbons (Fsp3) is 0.375. The third-order valence-electron chi connectivity index (χ3n) is 3.41. The molecule has 0 saturated heterocycles. The molecular weight excluding hydrogens is 480 g/mol. The molecule has 0 unspecified atom stereocenters. The Morgan fingerprint density at radius 3 is 2.62 bits per heavy atom. The van der Waals surface area contributed by atoms with Gasteiger partial charge < -0.3 is 15.0 Å². The summed E-state index contributed by atoms with van der Waals surface area (Å²) in [6.07, 6.45) is -4.42. The third-order valence-corrected chi connectivity index (χ3v) is 4.26. The number of guanidine groups is 1. The first-order valence-electron chi connectivity index (χ1n) is 7.40. The number of benzene rings is 1. The molecule has 1 aromatic heterocycles.